The van der Waals surface area contributed by atoms with Crippen molar-refractivity contribution in [2.75, 3.05) is 0 Å². The Morgan fingerprint density at radius 2 is 1.00 bits per heavy atom. The van der Waals surface area contributed by atoms with E-state index in [4.69, 9.17) is 0 Å². The van der Waals surface area contributed by atoms with Crippen LogP contribution in [0, 0.1) is 6.08 Å². The number of halogens is 4. The van der Waals surface area contributed by atoms with Gasteiger partial charge in [0.2, 0.25) is 0 Å². The van der Waals surface area contributed by atoms with Crippen LogP contribution < -0.4 is 24.8 Å². The molecule has 0 aliphatic heterocycles. The maximum atomic E-state index is 3.50. The molecule has 0 bridgehead atoms. The zero-order valence-electron chi connectivity index (χ0n) is 32.7. The summed E-state index contributed by atoms with van der Waals surface area (Å²) in [4.78, 5) is 0. The molecule has 0 saturated carbocycles. The molecule has 0 atom stereocenters. The van der Waals surface area contributed by atoms with Crippen LogP contribution in [0.3, 0.4) is 0 Å². The van der Waals surface area contributed by atoms with Gasteiger partial charge in [-0.25, -0.2) is 12.2 Å². The average Bonchev–Trinajstić information content (AvgIpc) is 3.86. The van der Waals surface area contributed by atoms with E-state index in [0.29, 0.717) is 0 Å². The number of allylic oxidation sites excluding steroid dienone is 4. The molecule has 8 rings (SSSR count). The summed E-state index contributed by atoms with van der Waals surface area (Å²) >= 11 is 8.43. The Bertz CT molecular complexity index is 2290. The number of hydrogen-bond donors (Lipinski definition) is 0. The minimum Gasteiger partial charge on any atom is -1.00 e. The van der Waals surface area contributed by atoms with Gasteiger partial charge in [-0.2, -0.15) is 6.08 Å². The van der Waals surface area contributed by atoms with E-state index in [1.165, 1.54) is 93.5 Å². The largest absolute Gasteiger partial charge is 1.00 e. The van der Waals surface area contributed by atoms with Gasteiger partial charge in [0.25, 0.3) is 0 Å². The molecule has 0 radical (unpaired) electrons. The zero-order valence-corrected chi connectivity index (χ0v) is 39.9. The molecule has 7 aromatic rings. The molecule has 0 unspecified atom stereocenters. The predicted molar refractivity (Wildman–Crippen MR) is 238 cm³/mol. The van der Waals surface area contributed by atoms with Crippen LogP contribution >= 0.6 is 31.9 Å². The maximum absolute atomic E-state index is 3.50. The summed E-state index contributed by atoms with van der Waals surface area (Å²) in [6, 6.07) is 50.6. The zero-order chi connectivity index (χ0) is 38.5. The third-order valence-corrected chi connectivity index (χ3v) is 12.0. The van der Waals surface area contributed by atoms with Gasteiger partial charge in [0.05, 0.1) is 0 Å². The molecule has 284 valence electrons. The Hall–Kier alpha value is -3.04. The van der Waals surface area contributed by atoms with Crippen LogP contribution in [0.25, 0.3) is 43.8 Å². The topological polar surface area (TPSA) is 0 Å². The molecule has 0 N–H and O–H groups in total. The van der Waals surface area contributed by atoms with Gasteiger partial charge < -0.3 is 24.8 Å². The van der Waals surface area contributed by atoms with Gasteiger partial charge in [-0.1, -0.05) is 114 Å². The van der Waals surface area contributed by atoms with E-state index in [9.17, 15) is 0 Å². The quantitative estimate of drug-likeness (QED) is 0.155. The monoisotopic (exact) mass is 976 g/mol. The molecule has 0 nitrogen and oxygen atoms in total. The normalized spacial score (nSPS) is 11.9. The third-order valence-electron chi connectivity index (χ3n) is 9.58. The molecule has 1 aliphatic rings. The Balaban J connectivity index is 0.000000252. The number of fused-ring (bicyclic) bond motifs is 3. The minimum atomic E-state index is 0. The van der Waals surface area contributed by atoms with Crippen molar-refractivity contribution >= 4 is 56.6 Å². The van der Waals surface area contributed by atoms with Gasteiger partial charge >= 0.3 is 128 Å². The van der Waals surface area contributed by atoms with E-state index < -0.39 is 0 Å². The van der Waals surface area contributed by atoms with Crippen LogP contribution in [0.1, 0.15) is 70.2 Å². The smallest absolute Gasteiger partial charge is 0.0139 e. The second-order valence-corrected chi connectivity index (χ2v) is 18.8. The van der Waals surface area contributed by atoms with Crippen LogP contribution in [-0.2, 0) is 35.1 Å². The SMILES string of the molecule is Brc1cccc([C](=[Zr+2])c2cccc(Br)c2)c1.CC(C)(C)c1cc2c(cc1-c1ccccc1)[cH-]c1cc(-c3ccccc3)c(C(C)(C)C)cc12.[C-]1=CC=CC1.[Cl-].[Cl-]. The second-order valence-electron chi connectivity index (χ2n) is 15.7. The van der Waals surface area contributed by atoms with Crippen LogP contribution in [-0.4, -0.2) is 3.21 Å². The number of benzene rings is 6. The van der Waals surface area contributed by atoms with Crippen LogP contribution in [0.5, 0.6) is 0 Å². The Labute approximate surface area is 378 Å². The fourth-order valence-corrected chi connectivity index (χ4v) is 8.42. The van der Waals surface area contributed by atoms with Crippen LogP contribution in [0.4, 0.5) is 0 Å². The van der Waals surface area contributed by atoms with E-state index >= 15 is 0 Å². The summed E-state index contributed by atoms with van der Waals surface area (Å²) < 4.78 is 3.62. The second kappa shape index (κ2) is 20.1. The molecule has 7 aromatic carbocycles. The van der Waals surface area contributed by atoms with E-state index in [2.05, 4.69) is 213 Å². The van der Waals surface area contributed by atoms with Crippen molar-refractivity contribution in [1.82, 2.24) is 0 Å². The molecular formula is C51H46Br2Cl2Zr-2. The number of rotatable bonds is 4. The third kappa shape index (κ3) is 11.3. The van der Waals surface area contributed by atoms with Crippen LogP contribution in [0.15, 0.2) is 167 Å². The maximum Gasteiger partial charge on any atom is -0.0139 e. The molecule has 0 amide bonds. The van der Waals surface area contributed by atoms with Crippen molar-refractivity contribution in [3.8, 4) is 22.3 Å². The summed E-state index contributed by atoms with van der Waals surface area (Å²) in [5.74, 6) is 0. The van der Waals surface area contributed by atoms with Crippen molar-refractivity contribution in [3.05, 3.63) is 195 Å². The summed E-state index contributed by atoms with van der Waals surface area (Å²) in [6.45, 7) is 13.9. The standard InChI is InChI=1S/C33H33.C13H8Br2.C5H5.2ClH.Zr/c1-32(2,3)30-20-26-24(18-28(30)22-13-9-7-10-14-22)17-25-19-29(23-15-11-8-12-16-23)31(21-27(25)26)33(4,5)6;14-12-5-1-3-10(8-12)7-11-4-2-6-13(15)9-11;1-2-4-5-3-1;;;/h7-21H,1-6H3;1-6,8-9H;1-3H,4H2;2*1H;/q-1;;-1;;;+2/p-2. The fraction of sp³-hybridized carbons (Fsp3) is 0.176. The Morgan fingerprint density at radius 3 is 1.32 bits per heavy atom. The first-order valence-corrected chi connectivity index (χ1v) is 21.3. The van der Waals surface area contributed by atoms with E-state index in [0.717, 1.165) is 15.4 Å². The molecule has 0 aromatic heterocycles. The van der Waals surface area contributed by atoms with Gasteiger partial charge in [-0.15, -0.1) is 46.2 Å². The van der Waals surface area contributed by atoms with Gasteiger partial charge in [0, 0.05) is 0 Å². The van der Waals surface area contributed by atoms with Crippen molar-refractivity contribution in [1.29, 1.82) is 0 Å². The van der Waals surface area contributed by atoms with Gasteiger partial charge in [0.1, 0.15) is 0 Å². The molecule has 0 spiro atoms. The molecule has 56 heavy (non-hydrogen) atoms. The molecular weight excluding hydrogens is 934 g/mol. The predicted octanol–water partition coefficient (Wildman–Crippen LogP) is 9.28. The van der Waals surface area contributed by atoms with Crippen molar-refractivity contribution < 1.29 is 49.0 Å². The van der Waals surface area contributed by atoms with Crippen molar-refractivity contribution in [2.45, 2.75) is 58.8 Å². The Kier molecular flexibility index (Phi) is 16.4. The van der Waals surface area contributed by atoms with Gasteiger partial charge in [0.15, 0.2) is 0 Å². The summed E-state index contributed by atoms with van der Waals surface area (Å²) in [5, 5.41) is 5.36. The summed E-state index contributed by atoms with van der Waals surface area (Å²) in [5.41, 5.74) is 10.7. The first-order chi connectivity index (χ1) is 25.8. The molecule has 0 saturated heterocycles. The first kappa shape index (κ1) is 45.7. The van der Waals surface area contributed by atoms with Crippen molar-refractivity contribution in [3.63, 3.8) is 0 Å². The van der Waals surface area contributed by atoms with Crippen molar-refractivity contribution in [2.24, 2.45) is 0 Å². The molecule has 1 aliphatic carbocycles. The average molecular weight is 981 g/mol. The van der Waals surface area contributed by atoms with Gasteiger partial charge in [-0.05, 0) is 44.2 Å². The number of hydrogen-bond acceptors (Lipinski definition) is 0. The van der Waals surface area contributed by atoms with Crippen LogP contribution in [0.2, 0.25) is 0 Å². The Morgan fingerprint density at radius 1 is 0.571 bits per heavy atom. The van der Waals surface area contributed by atoms with E-state index in [-0.39, 0.29) is 35.6 Å². The molecule has 0 fully saturated rings. The van der Waals surface area contributed by atoms with Gasteiger partial charge in [-0.3, -0.25) is 6.08 Å². The fourth-order valence-electron chi connectivity index (χ4n) is 6.85. The summed E-state index contributed by atoms with van der Waals surface area (Å²) in [7, 11) is 0. The van der Waals surface area contributed by atoms with E-state index in [1.54, 1.807) is 0 Å². The molecule has 0 heterocycles. The molecule has 5 heteroatoms. The first-order valence-electron chi connectivity index (χ1n) is 18.4. The van der Waals surface area contributed by atoms with E-state index in [1.807, 2.05) is 24.3 Å². The summed E-state index contributed by atoms with van der Waals surface area (Å²) in [6.07, 6.45) is 10.0. The minimum absolute atomic E-state index is 0.